The molecule has 0 atom stereocenters. The molecule has 0 aliphatic rings. The van der Waals surface area contributed by atoms with Crippen molar-refractivity contribution in [1.82, 2.24) is 0 Å². The van der Waals surface area contributed by atoms with Gasteiger partial charge < -0.3 is 0 Å². The molecule has 6 heavy (non-hydrogen) atoms. The van der Waals surface area contributed by atoms with Gasteiger partial charge in [0.25, 0.3) is 0 Å². The van der Waals surface area contributed by atoms with Crippen molar-refractivity contribution >= 4 is 26.7 Å². The van der Waals surface area contributed by atoms with Crippen LogP contribution in [-0.4, -0.2) is 26.7 Å². The summed E-state index contributed by atoms with van der Waals surface area (Å²) in [6, 6.07) is 0. The Labute approximate surface area is 53.3 Å². The normalized spacial score (nSPS) is 6.83. The third kappa shape index (κ3) is 8.82. The molecule has 0 nitrogen and oxygen atoms in total. The molecule has 0 amide bonds. The molecule has 0 heterocycles. The zero-order valence-electron chi connectivity index (χ0n) is 4.12. The van der Waals surface area contributed by atoms with Crippen molar-refractivity contribution in [3.63, 3.8) is 0 Å². The zero-order chi connectivity index (χ0) is 4.12. The van der Waals surface area contributed by atoms with Crippen LogP contribution in [0.5, 0.6) is 0 Å². The third-order valence-electron chi connectivity index (χ3n) is 0.707. The van der Waals surface area contributed by atoms with E-state index in [2.05, 4.69) is 14.8 Å². The van der Waals surface area contributed by atoms with E-state index in [9.17, 15) is 0 Å². The topological polar surface area (TPSA) is 0 Å². The molecule has 0 aromatic heterocycles. The molecule has 0 N–H and O–H groups in total. The Morgan fingerprint density at radius 1 is 1.50 bits per heavy atom. The monoisotopic (exact) mass is 78.1 g/mol. The Kier molecular flexibility index (Phi) is 15.0. The molecule has 0 aliphatic carbocycles. The van der Waals surface area contributed by atoms with E-state index < -0.39 is 0 Å². The molecule has 0 aliphatic heterocycles. The van der Waals surface area contributed by atoms with Gasteiger partial charge in [0, 0.05) is 0 Å². The van der Waals surface area contributed by atoms with E-state index in [-0.39, 0.29) is 18.9 Å². The fraction of sp³-hybridized carbons (Fsp3) is 1.00. The van der Waals surface area contributed by atoms with Crippen LogP contribution in [-0.2, 0) is 0 Å². The molecule has 0 radical (unpaired) electrons. The summed E-state index contributed by atoms with van der Waals surface area (Å²) in [4.78, 5) is 0. The molecular weight excluding hydrogens is 65.8 g/mol. The summed E-state index contributed by atoms with van der Waals surface area (Å²) in [7, 11) is 2.21. The minimum absolute atomic E-state index is 0. The van der Waals surface area contributed by atoms with Crippen molar-refractivity contribution < 1.29 is 0 Å². The molecule has 0 bridgehead atoms. The SMILES string of the molecule is BCCCC.[LiH]. The van der Waals surface area contributed by atoms with Gasteiger partial charge in [-0.1, -0.05) is 26.1 Å². The van der Waals surface area contributed by atoms with Crippen LogP contribution in [0.1, 0.15) is 19.8 Å². The molecule has 0 saturated carbocycles. The third-order valence-corrected chi connectivity index (χ3v) is 0.707. The van der Waals surface area contributed by atoms with Gasteiger partial charge >= 0.3 is 18.9 Å². The second-order valence-electron chi connectivity index (χ2n) is 1.35. The number of hydrogen-bond acceptors (Lipinski definition) is 0. The molecule has 0 spiro atoms. The predicted molar refractivity (Wildman–Crippen MR) is 35.4 cm³/mol. The summed E-state index contributed by atoms with van der Waals surface area (Å²) < 4.78 is 0. The molecular formula is C4H12BLi. The Morgan fingerprint density at radius 2 is 2.00 bits per heavy atom. The second kappa shape index (κ2) is 9.18. The number of hydrogen-bond donors (Lipinski definition) is 0. The Bertz CT molecular complexity index is 15.0. The fourth-order valence-electron chi connectivity index (χ4n) is 0.354. The first-order valence-corrected chi connectivity index (χ1v) is 2.41. The first-order chi connectivity index (χ1) is 2.41. The average molecular weight is 77.9 g/mol. The molecule has 0 rings (SSSR count). The predicted octanol–water partition coefficient (Wildman–Crippen LogP) is 0.189. The van der Waals surface area contributed by atoms with Crippen LogP contribution in [0.3, 0.4) is 0 Å². The second-order valence-corrected chi connectivity index (χ2v) is 1.35. The van der Waals surface area contributed by atoms with Crippen LogP contribution in [0.15, 0.2) is 0 Å². The maximum atomic E-state index is 2.21. The van der Waals surface area contributed by atoms with Crippen LogP contribution in [0.4, 0.5) is 0 Å². The molecule has 0 unspecified atom stereocenters. The van der Waals surface area contributed by atoms with Crippen molar-refractivity contribution in [3.05, 3.63) is 0 Å². The van der Waals surface area contributed by atoms with Crippen LogP contribution >= 0.6 is 0 Å². The van der Waals surface area contributed by atoms with Gasteiger partial charge in [0.2, 0.25) is 0 Å². The first kappa shape index (κ1) is 9.83. The summed E-state index contributed by atoms with van der Waals surface area (Å²) >= 11 is 0. The molecule has 2 heteroatoms. The van der Waals surface area contributed by atoms with Crippen LogP contribution in [0.2, 0.25) is 6.32 Å². The summed E-state index contributed by atoms with van der Waals surface area (Å²) in [6.45, 7) is 2.21. The van der Waals surface area contributed by atoms with E-state index in [1.165, 1.54) is 19.2 Å². The summed E-state index contributed by atoms with van der Waals surface area (Å²) in [5.41, 5.74) is 0. The number of rotatable bonds is 2. The van der Waals surface area contributed by atoms with Gasteiger partial charge in [-0.3, -0.25) is 0 Å². The molecule has 0 aromatic rings. The fourth-order valence-corrected chi connectivity index (χ4v) is 0.354. The van der Waals surface area contributed by atoms with E-state index >= 15 is 0 Å². The molecule has 32 valence electrons. The van der Waals surface area contributed by atoms with Gasteiger partial charge in [-0.25, -0.2) is 0 Å². The van der Waals surface area contributed by atoms with Crippen molar-refractivity contribution in [2.45, 2.75) is 26.1 Å². The summed E-state index contributed by atoms with van der Waals surface area (Å²) in [5, 5.41) is 0. The molecule has 0 fully saturated rings. The van der Waals surface area contributed by atoms with E-state index in [4.69, 9.17) is 0 Å². The summed E-state index contributed by atoms with van der Waals surface area (Å²) in [6.07, 6.45) is 4.08. The Balaban J connectivity index is 0. The van der Waals surface area contributed by atoms with Gasteiger partial charge in [0.1, 0.15) is 7.85 Å². The standard InChI is InChI=1S/C4H11B.Li.H/c1-2-3-4-5;;/h2-5H2,1H3;;. The van der Waals surface area contributed by atoms with E-state index in [1.807, 2.05) is 0 Å². The van der Waals surface area contributed by atoms with Gasteiger partial charge in [0.05, 0.1) is 0 Å². The average Bonchev–Trinajstić information content (AvgIpc) is 1.41. The Morgan fingerprint density at radius 3 is 2.00 bits per heavy atom. The minimum atomic E-state index is 0. The van der Waals surface area contributed by atoms with Gasteiger partial charge in [-0.15, -0.1) is 0 Å². The van der Waals surface area contributed by atoms with Crippen LogP contribution in [0.25, 0.3) is 0 Å². The maximum absolute atomic E-state index is 2.21. The van der Waals surface area contributed by atoms with E-state index in [0.29, 0.717) is 0 Å². The van der Waals surface area contributed by atoms with Crippen LogP contribution < -0.4 is 0 Å². The van der Waals surface area contributed by atoms with Gasteiger partial charge in [-0.2, -0.15) is 0 Å². The van der Waals surface area contributed by atoms with Crippen molar-refractivity contribution in [2.75, 3.05) is 0 Å². The zero-order valence-corrected chi connectivity index (χ0v) is 4.12. The van der Waals surface area contributed by atoms with E-state index in [0.717, 1.165) is 0 Å². The first-order valence-electron chi connectivity index (χ1n) is 2.41. The quantitative estimate of drug-likeness (QED) is 0.413. The van der Waals surface area contributed by atoms with Gasteiger partial charge in [-0.05, 0) is 0 Å². The van der Waals surface area contributed by atoms with Crippen molar-refractivity contribution in [3.8, 4) is 0 Å². The summed E-state index contributed by atoms with van der Waals surface area (Å²) in [5.74, 6) is 0. The Hall–Kier alpha value is 0.662. The van der Waals surface area contributed by atoms with Gasteiger partial charge in [0.15, 0.2) is 0 Å². The van der Waals surface area contributed by atoms with Crippen molar-refractivity contribution in [1.29, 1.82) is 0 Å². The van der Waals surface area contributed by atoms with Crippen molar-refractivity contribution in [2.24, 2.45) is 0 Å². The van der Waals surface area contributed by atoms with E-state index in [1.54, 1.807) is 0 Å². The van der Waals surface area contributed by atoms with Crippen LogP contribution in [0, 0.1) is 0 Å². The molecule has 0 saturated heterocycles. The molecule has 0 aromatic carbocycles. The number of unbranched alkanes of at least 4 members (excludes halogenated alkanes) is 1.